The minimum atomic E-state index is -0.125. The molecule has 3 atom stereocenters. The molecule has 0 spiro atoms. The molecule has 0 saturated carbocycles. The Morgan fingerprint density at radius 1 is 1.56 bits per heavy atom. The third-order valence-electron chi connectivity index (χ3n) is 3.34. The minimum Gasteiger partial charge on any atom is -0.495 e. The molecular formula is C13H17BrClNO2. The number of benzene rings is 1. The molecule has 1 aliphatic heterocycles. The van der Waals surface area contributed by atoms with Crippen molar-refractivity contribution in [3.05, 3.63) is 27.2 Å². The molecule has 0 aliphatic carbocycles. The Balaban J connectivity index is 2.31. The van der Waals surface area contributed by atoms with Crippen molar-refractivity contribution in [3.8, 4) is 5.75 Å². The van der Waals surface area contributed by atoms with Gasteiger partial charge in [0.15, 0.2) is 0 Å². The van der Waals surface area contributed by atoms with Crippen molar-refractivity contribution in [1.29, 1.82) is 0 Å². The van der Waals surface area contributed by atoms with Crippen LogP contribution in [0.5, 0.6) is 5.75 Å². The summed E-state index contributed by atoms with van der Waals surface area (Å²) >= 11 is 9.54. The number of hydrogen-bond acceptors (Lipinski definition) is 3. The van der Waals surface area contributed by atoms with Gasteiger partial charge in [-0.25, -0.2) is 0 Å². The molecule has 1 fully saturated rings. The number of methoxy groups -OCH3 is 1. The standard InChI is InChI=1S/C13H17BrClNO2/c1-7-3-8(6-18-7)12(16)10-4-9(15)5-11(14)13(10)17-2/h4-5,7-8,12H,3,6,16H2,1-2H3. The third-order valence-corrected chi connectivity index (χ3v) is 4.14. The van der Waals surface area contributed by atoms with Gasteiger partial charge in [-0.05, 0) is 41.4 Å². The molecule has 3 unspecified atom stereocenters. The van der Waals surface area contributed by atoms with E-state index in [0.29, 0.717) is 17.5 Å². The summed E-state index contributed by atoms with van der Waals surface area (Å²) in [5.74, 6) is 1.06. The second kappa shape index (κ2) is 5.78. The number of halogens is 2. The molecule has 2 N–H and O–H groups in total. The lowest BCUT2D eigenvalue weighted by molar-refractivity contribution is 0.118. The van der Waals surface area contributed by atoms with Crippen LogP contribution in [0.2, 0.25) is 5.02 Å². The molecular weight excluding hydrogens is 318 g/mol. The average molecular weight is 335 g/mol. The van der Waals surface area contributed by atoms with Crippen molar-refractivity contribution in [2.45, 2.75) is 25.5 Å². The molecule has 1 saturated heterocycles. The minimum absolute atomic E-state index is 0.125. The molecule has 1 aliphatic rings. The molecule has 0 radical (unpaired) electrons. The van der Waals surface area contributed by atoms with Crippen molar-refractivity contribution in [2.75, 3.05) is 13.7 Å². The second-order valence-electron chi connectivity index (χ2n) is 4.68. The molecule has 2 rings (SSSR count). The smallest absolute Gasteiger partial charge is 0.137 e. The van der Waals surface area contributed by atoms with Gasteiger partial charge in [0.1, 0.15) is 5.75 Å². The van der Waals surface area contributed by atoms with E-state index in [1.54, 1.807) is 7.11 Å². The molecule has 1 aromatic rings. The third kappa shape index (κ3) is 2.82. The van der Waals surface area contributed by atoms with Crippen molar-refractivity contribution in [1.82, 2.24) is 0 Å². The van der Waals surface area contributed by atoms with Crippen LogP contribution in [0.3, 0.4) is 0 Å². The summed E-state index contributed by atoms with van der Waals surface area (Å²) in [5, 5.41) is 0.653. The lowest BCUT2D eigenvalue weighted by Crippen LogP contribution is -2.22. The highest BCUT2D eigenvalue weighted by Gasteiger charge is 2.30. The Morgan fingerprint density at radius 3 is 2.83 bits per heavy atom. The number of hydrogen-bond donors (Lipinski definition) is 1. The molecule has 3 nitrogen and oxygen atoms in total. The van der Waals surface area contributed by atoms with Gasteiger partial charge in [0, 0.05) is 22.5 Å². The van der Waals surface area contributed by atoms with E-state index >= 15 is 0 Å². The topological polar surface area (TPSA) is 44.5 Å². The Labute approximate surface area is 121 Å². The monoisotopic (exact) mass is 333 g/mol. The van der Waals surface area contributed by atoms with E-state index in [-0.39, 0.29) is 12.1 Å². The first kappa shape index (κ1) is 14.1. The maximum Gasteiger partial charge on any atom is 0.137 e. The van der Waals surface area contributed by atoms with Crippen molar-refractivity contribution < 1.29 is 9.47 Å². The van der Waals surface area contributed by atoms with Crippen LogP contribution in [0.25, 0.3) is 0 Å². The normalized spacial score (nSPS) is 25.2. The van der Waals surface area contributed by atoms with Crippen LogP contribution < -0.4 is 10.5 Å². The SMILES string of the molecule is COc1c(Br)cc(Cl)cc1C(N)C1COC(C)C1. The van der Waals surface area contributed by atoms with Crippen LogP contribution in [-0.2, 0) is 4.74 Å². The van der Waals surface area contributed by atoms with Gasteiger partial charge in [0.25, 0.3) is 0 Å². The highest BCUT2D eigenvalue weighted by atomic mass is 79.9. The fourth-order valence-corrected chi connectivity index (χ4v) is 3.39. The van der Waals surface area contributed by atoms with E-state index < -0.39 is 0 Å². The fraction of sp³-hybridized carbons (Fsp3) is 0.538. The summed E-state index contributed by atoms with van der Waals surface area (Å²) in [6.07, 6.45) is 1.24. The van der Waals surface area contributed by atoms with Crippen molar-refractivity contribution in [2.24, 2.45) is 11.7 Å². The summed E-state index contributed by atoms with van der Waals surface area (Å²) in [6.45, 7) is 2.76. The first-order chi connectivity index (χ1) is 8.52. The van der Waals surface area contributed by atoms with Crippen LogP contribution in [0.1, 0.15) is 24.9 Å². The van der Waals surface area contributed by atoms with Gasteiger partial charge in [0.05, 0.1) is 24.3 Å². The van der Waals surface area contributed by atoms with E-state index in [2.05, 4.69) is 22.9 Å². The maximum atomic E-state index is 6.34. The molecule has 100 valence electrons. The van der Waals surface area contributed by atoms with E-state index in [9.17, 15) is 0 Å². The first-order valence-electron chi connectivity index (χ1n) is 5.93. The predicted octanol–water partition coefficient (Wildman–Crippen LogP) is 3.54. The van der Waals surface area contributed by atoms with Crippen LogP contribution in [0.15, 0.2) is 16.6 Å². The van der Waals surface area contributed by atoms with E-state index in [4.69, 9.17) is 26.8 Å². The van der Waals surface area contributed by atoms with Crippen molar-refractivity contribution in [3.63, 3.8) is 0 Å². The van der Waals surface area contributed by atoms with Crippen LogP contribution in [0, 0.1) is 5.92 Å². The van der Waals surface area contributed by atoms with Crippen molar-refractivity contribution >= 4 is 27.5 Å². The summed E-state index contributed by atoms with van der Waals surface area (Å²) in [7, 11) is 1.64. The van der Waals surface area contributed by atoms with Gasteiger partial charge in [-0.2, -0.15) is 0 Å². The molecule has 0 amide bonds. The quantitative estimate of drug-likeness (QED) is 0.919. The molecule has 18 heavy (non-hydrogen) atoms. The zero-order valence-corrected chi connectivity index (χ0v) is 12.8. The van der Waals surface area contributed by atoms with E-state index in [0.717, 1.165) is 22.2 Å². The van der Waals surface area contributed by atoms with Gasteiger partial charge in [-0.1, -0.05) is 11.6 Å². The lowest BCUT2D eigenvalue weighted by Gasteiger charge is -2.21. The summed E-state index contributed by atoms with van der Waals surface area (Å²) in [5.41, 5.74) is 7.27. The summed E-state index contributed by atoms with van der Waals surface area (Å²) < 4.78 is 11.8. The molecule has 1 aromatic carbocycles. The fourth-order valence-electron chi connectivity index (χ4n) is 2.40. The number of nitrogens with two attached hydrogens (primary N) is 1. The lowest BCUT2D eigenvalue weighted by atomic mass is 9.91. The van der Waals surface area contributed by atoms with Gasteiger partial charge in [-0.15, -0.1) is 0 Å². The molecule has 0 aromatic heterocycles. The highest BCUT2D eigenvalue weighted by Crippen LogP contribution is 2.39. The highest BCUT2D eigenvalue weighted by molar-refractivity contribution is 9.10. The summed E-state index contributed by atoms with van der Waals surface area (Å²) in [6, 6.07) is 3.56. The van der Waals surface area contributed by atoms with Crippen LogP contribution in [-0.4, -0.2) is 19.8 Å². The summed E-state index contributed by atoms with van der Waals surface area (Å²) in [4.78, 5) is 0. The second-order valence-corrected chi connectivity index (χ2v) is 5.97. The average Bonchev–Trinajstić information content (AvgIpc) is 2.74. The van der Waals surface area contributed by atoms with E-state index in [1.807, 2.05) is 12.1 Å². The van der Waals surface area contributed by atoms with Gasteiger partial charge in [0.2, 0.25) is 0 Å². The number of rotatable bonds is 3. The largest absolute Gasteiger partial charge is 0.495 e. The molecule has 0 bridgehead atoms. The zero-order valence-electron chi connectivity index (χ0n) is 10.5. The van der Waals surface area contributed by atoms with Crippen LogP contribution in [0.4, 0.5) is 0 Å². The Hall–Kier alpha value is -0.290. The first-order valence-corrected chi connectivity index (χ1v) is 7.10. The van der Waals surface area contributed by atoms with Crippen LogP contribution >= 0.6 is 27.5 Å². The number of ether oxygens (including phenoxy) is 2. The molecule has 1 heterocycles. The van der Waals surface area contributed by atoms with Gasteiger partial charge < -0.3 is 15.2 Å². The Bertz CT molecular complexity index is 441. The predicted molar refractivity (Wildman–Crippen MR) is 76.2 cm³/mol. The molecule has 5 heteroatoms. The van der Waals surface area contributed by atoms with Gasteiger partial charge in [-0.3, -0.25) is 0 Å². The zero-order chi connectivity index (χ0) is 13.3. The van der Waals surface area contributed by atoms with E-state index in [1.165, 1.54) is 0 Å². The Morgan fingerprint density at radius 2 is 2.28 bits per heavy atom. The Kier molecular flexibility index (Phi) is 4.54. The van der Waals surface area contributed by atoms with Gasteiger partial charge >= 0.3 is 0 Å². The maximum absolute atomic E-state index is 6.34.